The molecule has 58 heavy (non-hydrogen) atoms. The van der Waals surface area contributed by atoms with Crippen LogP contribution in [0.25, 0.3) is 0 Å². The van der Waals surface area contributed by atoms with Crippen molar-refractivity contribution in [1.29, 1.82) is 0 Å². The first-order valence-corrected chi connectivity index (χ1v) is 22.3. The average Bonchev–Trinajstić information content (AvgIpc) is 3.36. The molecule has 9 N–H and O–H groups in total. The van der Waals surface area contributed by atoms with Gasteiger partial charge in [0.25, 0.3) is 0 Å². The van der Waals surface area contributed by atoms with Gasteiger partial charge in [-0.15, -0.1) is 0 Å². The lowest BCUT2D eigenvalue weighted by atomic mass is 9.43. The van der Waals surface area contributed by atoms with Crippen molar-refractivity contribution >= 4 is 10.4 Å². The molecule has 5 fully saturated rings. The fraction of sp³-hybridized carbons (Fsp3) is 0.950. The minimum Gasteiger partial charge on any atom is -0.390 e. The molecule has 0 aromatic rings. The number of rotatable bonds is 14. The van der Waals surface area contributed by atoms with Crippen LogP contribution >= 0.6 is 0 Å². The molecule has 0 spiro atoms. The van der Waals surface area contributed by atoms with E-state index in [0.717, 1.165) is 0 Å². The zero-order valence-electron chi connectivity index (χ0n) is 34.4. The third-order valence-corrected chi connectivity index (χ3v) is 15.7. The lowest BCUT2D eigenvalue weighted by molar-refractivity contribution is -0.285. The maximum absolute atomic E-state index is 13.0. The minimum atomic E-state index is -5.07. The van der Waals surface area contributed by atoms with Gasteiger partial charge in [-0.3, -0.25) is 4.55 Å². The van der Waals surface area contributed by atoms with Crippen LogP contribution in [-0.2, 0) is 38.3 Å². The Hall–Kier alpha value is -0.910. The van der Waals surface area contributed by atoms with Crippen LogP contribution in [0, 0.1) is 46.3 Å². The van der Waals surface area contributed by atoms with Crippen LogP contribution < -0.4 is 0 Å². The van der Waals surface area contributed by atoms with Gasteiger partial charge in [-0.05, 0) is 84.5 Å². The second kappa shape index (κ2) is 17.7. The van der Waals surface area contributed by atoms with Gasteiger partial charge in [-0.2, -0.15) is 8.42 Å². The molecule has 3 saturated carbocycles. The summed E-state index contributed by atoms with van der Waals surface area (Å²) in [5.41, 5.74) is -2.63. The predicted molar refractivity (Wildman–Crippen MR) is 204 cm³/mol. The molecule has 18 heteroatoms. The molecule has 2 heterocycles. The lowest BCUT2D eigenvalue weighted by Gasteiger charge is -2.64. The number of aliphatic hydroxyl groups is 8. The summed E-state index contributed by atoms with van der Waals surface area (Å²) in [6.45, 7) is 10.0. The number of fused-ring (bicyclic) bond motifs is 5. The topological polar surface area (TPSA) is 272 Å². The molecule has 17 nitrogen and oxygen atoms in total. The molecule has 0 radical (unpaired) electrons. The summed E-state index contributed by atoms with van der Waals surface area (Å²) in [5, 5.41) is 87.6. The van der Waals surface area contributed by atoms with Crippen molar-refractivity contribution in [2.75, 3.05) is 26.9 Å². The summed E-state index contributed by atoms with van der Waals surface area (Å²) in [7, 11) is -3.69. The molecule has 0 amide bonds. The van der Waals surface area contributed by atoms with Gasteiger partial charge in [-0.25, -0.2) is 4.18 Å². The summed E-state index contributed by atoms with van der Waals surface area (Å²) in [6.07, 6.45) is -8.28. The molecular weight excluding hydrogens is 784 g/mol. The largest absolute Gasteiger partial charge is 0.397 e. The highest BCUT2D eigenvalue weighted by molar-refractivity contribution is 7.80. The molecule has 2 aliphatic heterocycles. The summed E-state index contributed by atoms with van der Waals surface area (Å²) in [5.74, 6) is -1.80. The van der Waals surface area contributed by atoms with E-state index in [0.29, 0.717) is 50.5 Å². The summed E-state index contributed by atoms with van der Waals surface area (Å²) >= 11 is 0. The van der Waals surface area contributed by atoms with E-state index in [1.165, 1.54) is 7.11 Å². The summed E-state index contributed by atoms with van der Waals surface area (Å²) < 4.78 is 68.6. The van der Waals surface area contributed by atoms with E-state index in [9.17, 15) is 53.8 Å². The number of ether oxygens (including phenoxy) is 5. The molecule has 0 aromatic carbocycles. The normalized spacial score (nSPS) is 48.1. The van der Waals surface area contributed by atoms with E-state index in [1.807, 2.05) is 26.8 Å². The lowest BCUT2D eigenvalue weighted by Crippen LogP contribution is -2.66. The Balaban J connectivity index is 1.19. The molecule has 6 aliphatic rings. The summed E-state index contributed by atoms with van der Waals surface area (Å²) in [4.78, 5) is 0. The van der Waals surface area contributed by atoms with Gasteiger partial charge in [0.1, 0.15) is 42.7 Å². The number of methoxy groups -OCH3 is 1. The van der Waals surface area contributed by atoms with Crippen molar-refractivity contribution in [2.45, 2.75) is 165 Å². The first kappa shape index (κ1) is 46.6. The molecular formula is C40H68O17S. The zero-order chi connectivity index (χ0) is 42.7. The third kappa shape index (κ3) is 8.70. The molecule has 0 aromatic heterocycles. The maximum atomic E-state index is 13.0. The minimum absolute atomic E-state index is 0.141. The Kier molecular flexibility index (Phi) is 14.2. The van der Waals surface area contributed by atoms with Crippen molar-refractivity contribution in [3.63, 3.8) is 0 Å². The highest BCUT2D eigenvalue weighted by atomic mass is 32.3. The smallest absolute Gasteiger partial charge is 0.390 e. The van der Waals surface area contributed by atoms with Crippen molar-refractivity contribution in [1.82, 2.24) is 0 Å². The van der Waals surface area contributed by atoms with Crippen LogP contribution in [-0.4, -0.2) is 160 Å². The van der Waals surface area contributed by atoms with Crippen LogP contribution in [0.15, 0.2) is 11.6 Å². The fourth-order valence-electron chi connectivity index (χ4n) is 12.3. The van der Waals surface area contributed by atoms with E-state index >= 15 is 0 Å². The highest BCUT2D eigenvalue weighted by Gasteiger charge is 2.73. The van der Waals surface area contributed by atoms with Crippen molar-refractivity contribution in [2.24, 2.45) is 46.3 Å². The van der Waals surface area contributed by atoms with Crippen molar-refractivity contribution in [3.8, 4) is 0 Å². The Morgan fingerprint density at radius 3 is 2.14 bits per heavy atom. The van der Waals surface area contributed by atoms with Gasteiger partial charge in [0.15, 0.2) is 12.6 Å². The van der Waals surface area contributed by atoms with Crippen molar-refractivity contribution in [3.05, 3.63) is 11.6 Å². The van der Waals surface area contributed by atoms with Crippen molar-refractivity contribution < 1.29 is 81.7 Å². The van der Waals surface area contributed by atoms with E-state index in [-0.39, 0.29) is 44.0 Å². The Morgan fingerprint density at radius 2 is 1.50 bits per heavy atom. The molecule has 336 valence electrons. The van der Waals surface area contributed by atoms with Gasteiger partial charge in [0.2, 0.25) is 0 Å². The molecule has 4 aliphatic carbocycles. The van der Waals surface area contributed by atoms with E-state index in [4.69, 9.17) is 27.9 Å². The van der Waals surface area contributed by atoms with Gasteiger partial charge in [0.05, 0.1) is 43.7 Å². The van der Waals surface area contributed by atoms with E-state index in [1.54, 1.807) is 0 Å². The quantitative estimate of drug-likeness (QED) is 0.0847. The highest BCUT2D eigenvalue weighted by Crippen LogP contribution is 2.70. The van der Waals surface area contributed by atoms with Crippen LogP contribution in [0.3, 0.4) is 0 Å². The average molecular weight is 853 g/mol. The molecule has 0 bridgehead atoms. The Bertz CT molecular complexity index is 1550. The monoisotopic (exact) mass is 852 g/mol. The second-order valence-electron chi connectivity index (χ2n) is 19.0. The zero-order valence-corrected chi connectivity index (χ0v) is 35.3. The first-order chi connectivity index (χ1) is 27.1. The van der Waals surface area contributed by atoms with Gasteiger partial charge in [0, 0.05) is 19.4 Å². The van der Waals surface area contributed by atoms with Gasteiger partial charge in [-0.1, -0.05) is 47.1 Å². The Morgan fingerprint density at radius 1 is 0.845 bits per heavy atom. The molecule has 20 atom stereocenters. The van der Waals surface area contributed by atoms with Gasteiger partial charge < -0.3 is 64.5 Å². The van der Waals surface area contributed by atoms with Gasteiger partial charge >= 0.3 is 10.4 Å². The summed E-state index contributed by atoms with van der Waals surface area (Å²) in [6, 6.07) is 0. The molecule has 0 unspecified atom stereocenters. The maximum Gasteiger partial charge on any atom is 0.397 e. The number of hydrogen-bond donors (Lipinski definition) is 9. The molecule has 6 rings (SSSR count). The predicted octanol–water partition coefficient (Wildman–Crippen LogP) is 0.432. The van der Waals surface area contributed by atoms with E-state index < -0.39 is 118 Å². The Labute approximate surface area is 341 Å². The number of aliphatic hydroxyl groups excluding tert-OH is 7. The third-order valence-electron chi connectivity index (χ3n) is 15.3. The van der Waals surface area contributed by atoms with Crippen LogP contribution in [0.1, 0.15) is 86.0 Å². The second-order valence-corrected chi connectivity index (χ2v) is 20.0. The SMILES string of the molecule is CO[C@H]1[C@H](O[C@@H]2C=C3[C@H](O)C[C@@]4(O)[C@@H]5[C@@H](OS(=O)(=O)O)[C@H](O)[C@H]([C@H](C)CC[C@H](CCO[C@@H]6OC[C@@H](O)[C@H](O)[C@H]6O)C(C)C)[C@@]5(C)CC[C@@H]4[C@@]3(C)CC2)OC[C@@H](O)[C@@H]1O. The first-order valence-electron chi connectivity index (χ1n) is 21.0. The van der Waals surface area contributed by atoms with Crippen LogP contribution in [0.5, 0.6) is 0 Å². The van der Waals surface area contributed by atoms with Crippen LogP contribution in [0.2, 0.25) is 0 Å². The molecule has 2 saturated heterocycles. The van der Waals surface area contributed by atoms with Crippen LogP contribution in [0.4, 0.5) is 0 Å². The standard InChI is InChI=1S/C40H68O17S/c1-19(2)21(11-14-53-36-32(47)29(44)25(42)17-54-36)8-7-20(3)28-31(46)33(57-58(49,50)51)35-39(28,5)13-10-27-38(4)12-9-22(15-23(38)24(41)16-40(27,35)48)56-37-34(52-6)30(45)26(43)18-55-37/h15,19-22,24-37,41-48H,7-14,16-18H2,1-6H3,(H,49,50,51)/t20-,21-,22+,24-,25-,26-,27-,28+,29+,30+,31-,32-,33+,34-,35-,36-,37+,38+,39-,40+/m1/s1. The van der Waals surface area contributed by atoms with E-state index in [2.05, 4.69) is 13.8 Å². The number of hydrogen-bond acceptors (Lipinski definition) is 16. The fourth-order valence-corrected chi connectivity index (χ4v) is 12.8.